The molecule has 1 aromatic rings. The lowest BCUT2D eigenvalue weighted by Crippen LogP contribution is -2.18. The van der Waals surface area contributed by atoms with Gasteiger partial charge in [0, 0.05) is 6.07 Å². The molecular formula is C10H9BrFNO4. The topological polar surface area (TPSA) is 69.4 Å². The summed E-state index contributed by atoms with van der Waals surface area (Å²) < 4.78 is 17.7. The molecule has 5 nitrogen and oxygen atoms in total. The van der Waals surface area contributed by atoms with E-state index >= 15 is 0 Å². The molecule has 0 heterocycles. The van der Waals surface area contributed by atoms with Gasteiger partial charge in [-0.15, -0.1) is 0 Å². The Kier molecular flexibility index (Phi) is 4.56. The second-order valence-corrected chi connectivity index (χ2v) is 4.34. The Labute approximate surface area is 105 Å². The average Bonchev–Trinajstić information content (AvgIpc) is 2.27. The van der Waals surface area contributed by atoms with E-state index < -0.39 is 27.2 Å². The summed E-state index contributed by atoms with van der Waals surface area (Å²) in [7, 11) is 1.24. The number of rotatable bonds is 4. The number of methoxy groups -OCH3 is 1. The van der Waals surface area contributed by atoms with E-state index in [4.69, 9.17) is 0 Å². The van der Waals surface area contributed by atoms with Gasteiger partial charge in [0.05, 0.1) is 12.0 Å². The summed E-state index contributed by atoms with van der Waals surface area (Å²) in [6.45, 7) is 0. The predicted molar refractivity (Wildman–Crippen MR) is 61.5 cm³/mol. The highest BCUT2D eigenvalue weighted by molar-refractivity contribution is 9.10. The van der Waals surface area contributed by atoms with Crippen LogP contribution in [0, 0.1) is 15.9 Å². The van der Waals surface area contributed by atoms with Crippen LogP contribution in [0.25, 0.3) is 0 Å². The van der Waals surface area contributed by atoms with Crippen molar-refractivity contribution >= 4 is 27.6 Å². The number of ether oxygens (including phenoxy) is 1. The third-order valence-corrected chi connectivity index (χ3v) is 2.78. The number of nitrogens with zero attached hydrogens (tertiary/aromatic N) is 1. The molecule has 1 rings (SSSR count). The Hall–Kier alpha value is -1.50. The first-order valence-corrected chi connectivity index (χ1v) is 5.52. The molecule has 0 aliphatic heterocycles. The monoisotopic (exact) mass is 305 g/mol. The van der Waals surface area contributed by atoms with Gasteiger partial charge in [-0.25, -0.2) is 0 Å². The molecule has 1 aromatic carbocycles. The van der Waals surface area contributed by atoms with E-state index in [1.54, 1.807) is 0 Å². The minimum Gasteiger partial charge on any atom is -0.468 e. The first-order valence-electron chi connectivity index (χ1n) is 4.60. The Morgan fingerprint density at radius 1 is 1.65 bits per heavy atom. The van der Waals surface area contributed by atoms with E-state index in [2.05, 4.69) is 20.7 Å². The fourth-order valence-electron chi connectivity index (χ4n) is 1.24. The Morgan fingerprint density at radius 2 is 2.29 bits per heavy atom. The van der Waals surface area contributed by atoms with Gasteiger partial charge in [0.1, 0.15) is 4.83 Å². The normalized spacial score (nSPS) is 11.9. The van der Waals surface area contributed by atoms with Crippen molar-refractivity contribution in [2.45, 2.75) is 11.2 Å². The van der Waals surface area contributed by atoms with E-state index in [0.29, 0.717) is 5.56 Å². The third kappa shape index (κ3) is 3.48. The number of nitro benzene ring substituents is 1. The molecule has 0 N–H and O–H groups in total. The quantitative estimate of drug-likeness (QED) is 0.370. The van der Waals surface area contributed by atoms with Crippen molar-refractivity contribution in [2.75, 3.05) is 7.11 Å². The van der Waals surface area contributed by atoms with Crippen LogP contribution in [0.5, 0.6) is 0 Å². The van der Waals surface area contributed by atoms with E-state index in [9.17, 15) is 19.3 Å². The molecule has 0 aromatic heterocycles. The van der Waals surface area contributed by atoms with Crippen molar-refractivity contribution in [3.05, 3.63) is 39.7 Å². The highest BCUT2D eigenvalue weighted by atomic mass is 79.9. The Morgan fingerprint density at radius 3 is 2.76 bits per heavy atom. The zero-order valence-corrected chi connectivity index (χ0v) is 10.4. The van der Waals surface area contributed by atoms with Crippen LogP contribution >= 0.6 is 15.9 Å². The number of nitro groups is 1. The number of hydrogen-bond donors (Lipinski definition) is 0. The van der Waals surface area contributed by atoms with Gasteiger partial charge in [-0.1, -0.05) is 22.0 Å². The van der Waals surface area contributed by atoms with Crippen molar-refractivity contribution < 1.29 is 18.8 Å². The van der Waals surface area contributed by atoms with E-state index in [1.807, 2.05) is 0 Å². The van der Waals surface area contributed by atoms with Crippen molar-refractivity contribution in [1.29, 1.82) is 0 Å². The van der Waals surface area contributed by atoms with Crippen LogP contribution in [-0.4, -0.2) is 22.8 Å². The van der Waals surface area contributed by atoms with Crippen molar-refractivity contribution in [3.63, 3.8) is 0 Å². The largest absolute Gasteiger partial charge is 0.468 e. The summed E-state index contributed by atoms with van der Waals surface area (Å²) in [5, 5.41) is 10.4. The minimum atomic E-state index is -0.919. The van der Waals surface area contributed by atoms with Crippen LogP contribution in [-0.2, 0) is 16.0 Å². The fraction of sp³-hybridized carbons (Fsp3) is 0.300. The third-order valence-electron chi connectivity index (χ3n) is 2.08. The SMILES string of the molecule is COC(=O)C(Br)Cc1ccc([N+](=O)[O-])c(F)c1. The molecule has 0 bridgehead atoms. The lowest BCUT2D eigenvalue weighted by Gasteiger charge is -2.07. The fourth-order valence-corrected chi connectivity index (χ4v) is 1.80. The molecule has 0 radical (unpaired) electrons. The molecule has 7 heteroatoms. The number of carbonyl (C=O) groups is 1. The predicted octanol–water partition coefficient (Wildman–Crippen LogP) is 2.21. The number of esters is 1. The van der Waals surface area contributed by atoms with E-state index in [0.717, 1.165) is 12.1 Å². The van der Waals surface area contributed by atoms with E-state index in [1.165, 1.54) is 13.2 Å². The molecule has 0 aliphatic rings. The summed E-state index contributed by atoms with van der Waals surface area (Å²) in [5.41, 5.74) is -0.113. The van der Waals surface area contributed by atoms with E-state index in [-0.39, 0.29) is 6.42 Å². The van der Waals surface area contributed by atoms with Gasteiger partial charge < -0.3 is 4.74 Å². The van der Waals surface area contributed by atoms with Gasteiger partial charge in [0.25, 0.3) is 0 Å². The van der Waals surface area contributed by atoms with Crippen molar-refractivity contribution in [1.82, 2.24) is 0 Å². The molecule has 0 spiro atoms. The molecule has 1 atom stereocenters. The zero-order valence-electron chi connectivity index (χ0n) is 8.85. The molecule has 17 heavy (non-hydrogen) atoms. The first-order chi connectivity index (χ1) is 7.95. The van der Waals surface area contributed by atoms with Crippen LogP contribution in [0.3, 0.4) is 0 Å². The van der Waals surface area contributed by atoms with Gasteiger partial charge in [0.2, 0.25) is 5.82 Å². The zero-order chi connectivity index (χ0) is 13.0. The van der Waals surface area contributed by atoms with Crippen LogP contribution in [0.15, 0.2) is 18.2 Å². The Balaban J connectivity index is 2.84. The first kappa shape index (κ1) is 13.6. The van der Waals surface area contributed by atoms with Crippen LogP contribution in [0.4, 0.5) is 10.1 Å². The highest BCUT2D eigenvalue weighted by Gasteiger charge is 2.18. The van der Waals surface area contributed by atoms with Crippen LogP contribution < -0.4 is 0 Å². The summed E-state index contributed by atoms with van der Waals surface area (Å²) in [6.07, 6.45) is 0.196. The summed E-state index contributed by atoms with van der Waals surface area (Å²) in [6, 6.07) is 3.51. The van der Waals surface area contributed by atoms with Crippen LogP contribution in [0.2, 0.25) is 0 Å². The molecule has 0 amide bonds. The molecule has 0 saturated carbocycles. The molecule has 92 valence electrons. The standard InChI is InChI=1S/C10H9BrFNO4/c1-17-10(14)7(11)4-6-2-3-9(13(15)16)8(12)5-6/h2-3,5,7H,4H2,1H3. The van der Waals surface area contributed by atoms with Gasteiger partial charge in [0.15, 0.2) is 0 Å². The molecule has 0 fully saturated rings. The number of carbonyl (C=O) groups excluding carboxylic acids is 1. The van der Waals surface area contributed by atoms with Crippen molar-refractivity contribution in [3.8, 4) is 0 Å². The van der Waals surface area contributed by atoms with Gasteiger partial charge >= 0.3 is 11.7 Å². The Bertz CT molecular complexity index is 452. The summed E-state index contributed by atoms with van der Waals surface area (Å²) >= 11 is 3.08. The second-order valence-electron chi connectivity index (χ2n) is 3.24. The number of halogens is 2. The second kappa shape index (κ2) is 5.72. The van der Waals surface area contributed by atoms with Gasteiger partial charge in [-0.05, 0) is 18.1 Å². The summed E-state index contributed by atoms with van der Waals surface area (Å²) in [4.78, 5) is 20.1. The van der Waals surface area contributed by atoms with Crippen LogP contribution in [0.1, 0.15) is 5.56 Å². The van der Waals surface area contributed by atoms with Crippen molar-refractivity contribution in [2.24, 2.45) is 0 Å². The maximum Gasteiger partial charge on any atom is 0.319 e. The number of alkyl halides is 1. The summed E-state index contributed by atoms with van der Waals surface area (Å²) in [5.74, 6) is -1.40. The van der Waals surface area contributed by atoms with Gasteiger partial charge in [-0.3, -0.25) is 14.9 Å². The number of hydrogen-bond acceptors (Lipinski definition) is 4. The molecule has 0 saturated heterocycles. The minimum absolute atomic E-state index is 0.196. The lowest BCUT2D eigenvalue weighted by atomic mass is 10.1. The maximum atomic E-state index is 13.3. The molecule has 1 unspecified atom stereocenters. The highest BCUT2D eigenvalue weighted by Crippen LogP contribution is 2.20. The molecule has 0 aliphatic carbocycles. The smallest absolute Gasteiger partial charge is 0.319 e. The average molecular weight is 306 g/mol. The number of benzene rings is 1. The molecular weight excluding hydrogens is 297 g/mol. The maximum absolute atomic E-state index is 13.3. The van der Waals surface area contributed by atoms with Gasteiger partial charge in [-0.2, -0.15) is 4.39 Å². The lowest BCUT2D eigenvalue weighted by molar-refractivity contribution is -0.387.